The van der Waals surface area contributed by atoms with Crippen LogP contribution in [0.5, 0.6) is 0 Å². The van der Waals surface area contributed by atoms with Crippen LogP contribution in [0, 0.1) is 5.92 Å². The summed E-state index contributed by atoms with van der Waals surface area (Å²) < 4.78 is 29.2. The van der Waals surface area contributed by atoms with Crippen LogP contribution in [-0.4, -0.2) is 34.7 Å². The highest BCUT2D eigenvalue weighted by Gasteiger charge is 2.43. The molecule has 2 aromatic heterocycles. The average Bonchev–Trinajstić information content (AvgIpc) is 3.27. The Balaban J connectivity index is 1.80. The van der Waals surface area contributed by atoms with E-state index < -0.39 is 10.0 Å². The number of aromatic nitrogens is 2. The van der Waals surface area contributed by atoms with Gasteiger partial charge < -0.3 is 0 Å². The van der Waals surface area contributed by atoms with Gasteiger partial charge in [0.2, 0.25) is 0 Å². The third-order valence-corrected chi connectivity index (χ3v) is 6.90. The SMILES string of the molecule is O=S(=O)(c1c(Cl)nc2sccn12)N(CC1CC1)C1CC1. The van der Waals surface area contributed by atoms with Gasteiger partial charge in [-0.15, -0.1) is 11.3 Å². The molecular weight excluding hydrogens is 318 g/mol. The minimum absolute atomic E-state index is 0.0818. The molecular formula is C12H14ClN3O2S2. The number of nitrogens with zero attached hydrogens (tertiary/aromatic N) is 3. The Bertz CT molecular complexity index is 759. The van der Waals surface area contributed by atoms with E-state index in [0.717, 1.165) is 25.7 Å². The molecule has 0 bridgehead atoms. The summed E-state index contributed by atoms with van der Waals surface area (Å²) in [7, 11) is -3.57. The fourth-order valence-corrected chi connectivity index (χ4v) is 5.61. The molecule has 0 radical (unpaired) electrons. The minimum Gasteiger partial charge on any atom is -0.279 e. The van der Waals surface area contributed by atoms with Crippen LogP contribution in [0.1, 0.15) is 25.7 Å². The fraction of sp³-hybridized carbons (Fsp3) is 0.583. The third-order valence-electron chi connectivity index (χ3n) is 3.82. The maximum Gasteiger partial charge on any atom is 0.262 e. The molecule has 2 heterocycles. The molecule has 2 fully saturated rings. The monoisotopic (exact) mass is 331 g/mol. The quantitative estimate of drug-likeness (QED) is 0.846. The van der Waals surface area contributed by atoms with Gasteiger partial charge in [-0.2, -0.15) is 4.31 Å². The second-order valence-corrected chi connectivity index (χ2v) is 8.55. The Kier molecular flexibility index (Phi) is 2.89. The van der Waals surface area contributed by atoms with Gasteiger partial charge in [0.1, 0.15) is 0 Å². The topological polar surface area (TPSA) is 54.7 Å². The third kappa shape index (κ3) is 2.07. The summed E-state index contributed by atoms with van der Waals surface area (Å²) in [4.78, 5) is 4.76. The van der Waals surface area contributed by atoms with Crippen molar-refractivity contribution in [2.45, 2.75) is 36.8 Å². The summed E-state index contributed by atoms with van der Waals surface area (Å²) in [6, 6.07) is 0.154. The Hall–Kier alpha value is -0.630. The summed E-state index contributed by atoms with van der Waals surface area (Å²) in [5.41, 5.74) is 0. The van der Waals surface area contributed by atoms with E-state index >= 15 is 0 Å². The van der Waals surface area contributed by atoms with Crippen molar-refractivity contribution in [3.63, 3.8) is 0 Å². The Morgan fingerprint density at radius 2 is 2.15 bits per heavy atom. The minimum atomic E-state index is -3.57. The van der Waals surface area contributed by atoms with Crippen LogP contribution in [0.3, 0.4) is 0 Å². The summed E-state index contributed by atoms with van der Waals surface area (Å²) in [6.45, 7) is 0.626. The van der Waals surface area contributed by atoms with Crippen LogP contribution < -0.4 is 0 Å². The first kappa shape index (κ1) is 13.1. The van der Waals surface area contributed by atoms with Crippen molar-refractivity contribution < 1.29 is 8.42 Å². The standard InChI is InChI=1S/C12H14ClN3O2S2/c13-10-11(15-5-6-19-12(15)14-10)20(17,18)16(9-3-4-9)7-8-1-2-8/h5-6,8-9H,1-4,7H2. The molecule has 0 saturated heterocycles. The second-order valence-electron chi connectivity index (χ2n) is 5.51. The van der Waals surface area contributed by atoms with Crippen molar-refractivity contribution in [1.82, 2.24) is 13.7 Å². The predicted molar refractivity (Wildman–Crippen MR) is 77.7 cm³/mol. The molecule has 4 rings (SSSR count). The molecule has 5 nitrogen and oxygen atoms in total. The van der Waals surface area contributed by atoms with Crippen molar-refractivity contribution >= 4 is 37.9 Å². The normalized spacial score (nSPS) is 20.1. The van der Waals surface area contributed by atoms with Crippen LogP contribution in [0.2, 0.25) is 5.15 Å². The van der Waals surface area contributed by atoms with E-state index in [1.165, 1.54) is 11.3 Å². The molecule has 2 saturated carbocycles. The molecule has 0 unspecified atom stereocenters. The van der Waals surface area contributed by atoms with Gasteiger partial charge in [-0.25, -0.2) is 13.4 Å². The number of hydrogen-bond donors (Lipinski definition) is 0. The van der Waals surface area contributed by atoms with Crippen LogP contribution in [0.25, 0.3) is 4.96 Å². The van der Waals surface area contributed by atoms with E-state index in [1.807, 2.05) is 5.38 Å². The van der Waals surface area contributed by atoms with E-state index in [1.54, 1.807) is 14.9 Å². The highest BCUT2D eigenvalue weighted by Crippen LogP contribution is 2.39. The molecule has 0 spiro atoms. The van der Waals surface area contributed by atoms with Crippen molar-refractivity contribution in [2.24, 2.45) is 5.92 Å². The smallest absolute Gasteiger partial charge is 0.262 e. The predicted octanol–water partition coefficient (Wildman–Crippen LogP) is 2.61. The van der Waals surface area contributed by atoms with Crippen molar-refractivity contribution in [3.05, 3.63) is 16.7 Å². The molecule has 0 N–H and O–H groups in total. The van der Waals surface area contributed by atoms with E-state index in [9.17, 15) is 8.42 Å². The number of rotatable bonds is 5. The van der Waals surface area contributed by atoms with E-state index in [2.05, 4.69) is 4.98 Å². The molecule has 2 aromatic rings. The maximum atomic E-state index is 13.0. The highest BCUT2D eigenvalue weighted by atomic mass is 35.5. The zero-order valence-electron chi connectivity index (χ0n) is 10.7. The largest absolute Gasteiger partial charge is 0.279 e. The Labute approximate surface area is 126 Å². The molecule has 0 amide bonds. The zero-order valence-corrected chi connectivity index (χ0v) is 13.1. The van der Waals surface area contributed by atoms with Gasteiger partial charge in [0.05, 0.1) is 0 Å². The Morgan fingerprint density at radius 1 is 1.40 bits per heavy atom. The molecule has 0 aliphatic heterocycles. The second kappa shape index (κ2) is 4.43. The number of hydrogen-bond acceptors (Lipinski definition) is 4. The number of fused-ring (bicyclic) bond motifs is 1. The van der Waals surface area contributed by atoms with Gasteiger partial charge in [0.25, 0.3) is 10.0 Å². The highest BCUT2D eigenvalue weighted by molar-refractivity contribution is 7.89. The number of sulfonamides is 1. The molecule has 2 aliphatic carbocycles. The lowest BCUT2D eigenvalue weighted by molar-refractivity contribution is 0.387. The molecule has 0 atom stereocenters. The lowest BCUT2D eigenvalue weighted by Gasteiger charge is -2.21. The number of imidazole rings is 1. The molecule has 8 heteroatoms. The number of thiazole rings is 1. The van der Waals surface area contributed by atoms with E-state index in [4.69, 9.17) is 11.6 Å². The first-order valence-corrected chi connectivity index (χ1v) is 9.40. The van der Waals surface area contributed by atoms with Gasteiger partial charge in [0.15, 0.2) is 15.1 Å². The van der Waals surface area contributed by atoms with Crippen molar-refractivity contribution in [1.29, 1.82) is 0 Å². The first-order valence-electron chi connectivity index (χ1n) is 6.70. The summed E-state index contributed by atoms with van der Waals surface area (Å²) in [5, 5.41) is 2.03. The van der Waals surface area contributed by atoms with E-state index in [-0.39, 0.29) is 16.2 Å². The number of halogens is 1. The van der Waals surface area contributed by atoms with Crippen LogP contribution >= 0.6 is 22.9 Å². The van der Waals surface area contributed by atoms with Crippen molar-refractivity contribution in [2.75, 3.05) is 6.54 Å². The molecule has 108 valence electrons. The summed E-state index contributed by atoms with van der Waals surface area (Å²) in [5.74, 6) is 0.523. The lowest BCUT2D eigenvalue weighted by Crippen LogP contribution is -2.35. The first-order chi connectivity index (χ1) is 9.57. The van der Waals surface area contributed by atoms with Gasteiger partial charge >= 0.3 is 0 Å². The molecule has 2 aliphatic rings. The van der Waals surface area contributed by atoms with Crippen molar-refractivity contribution in [3.8, 4) is 0 Å². The van der Waals surface area contributed by atoms with Crippen LogP contribution in [-0.2, 0) is 10.0 Å². The summed E-state index contributed by atoms with van der Waals surface area (Å²) >= 11 is 7.47. The zero-order chi connectivity index (χ0) is 13.9. The van der Waals surface area contributed by atoms with E-state index in [0.29, 0.717) is 17.4 Å². The fourth-order valence-electron chi connectivity index (χ4n) is 2.44. The summed E-state index contributed by atoms with van der Waals surface area (Å²) in [6.07, 6.45) is 5.89. The van der Waals surface area contributed by atoms with Gasteiger partial charge in [-0.3, -0.25) is 4.40 Å². The van der Waals surface area contributed by atoms with Crippen LogP contribution in [0.4, 0.5) is 0 Å². The molecule has 0 aromatic carbocycles. The van der Waals surface area contributed by atoms with Gasteiger partial charge in [0, 0.05) is 24.2 Å². The lowest BCUT2D eigenvalue weighted by atomic mass is 10.4. The average molecular weight is 332 g/mol. The molecule has 20 heavy (non-hydrogen) atoms. The maximum absolute atomic E-state index is 13.0. The van der Waals surface area contributed by atoms with Gasteiger partial charge in [-0.05, 0) is 31.6 Å². The van der Waals surface area contributed by atoms with Gasteiger partial charge in [-0.1, -0.05) is 11.6 Å². The Morgan fingerprint density at radius 3 is 2.80 bits per heavy atom. The van der Waals surface area contributed by atoms with Crippen LogP contribution in [0.15, 0.2) is 16.6 Å².